The van der Waals surface area contributed by atoms with Gasteiger partial charge in [0.2, 0.25) is 23.7 Å². The molecule has 740 valence electrons. The van der Waals surface area contributed by atoms with E-state index in [2.05, 4.69) is 107 Å². The van der Waals surface area contributed by atoms with E-state index in [9.17, 15) is 53.9 Å². The molecule has 52 nitrogen and oxygen atoms in total. The van der Waals surface area contributed by atoms with E-state index < -0.39 is 177 Å². The molecule has 62 heteroatoms. The predicted octanol–water partition coefficient (Wildman–Crippen LogP) is 9.56. The molecule has 5 aliphatic rings. The quantitative estimate of drug-likeness (QED) is 0.0178. The first kappa shape index (κ1) is 106. The van der Waals surface area contributed by atoms with Gasteiger partial charge in [-0.3, -0.25) is 68.0 Å². The van der Waals surface area contributed by atoms with Crippen LogP contribution < -0.4 is 43.1 Å². The van der Waals surface area contributed by atoms with E-state index in [1.807, 2.05) is 36.4 Å². The van der Waals surface area contributed by atoms with Crippen LogP contribution in [-0.4, -0.2) is 244 Å². The average Bonchev–Trinajstić information content (AvgIpc) is 1.62. The number of aromatic nitrogens is 21. The molecular formula is C77H90ClF2N28O24P5S2. The number of nitriles is 2. The number of halogens is 3. The summed E-state index contributed by atoms with van der Waals surface area (Å²) in [5, 5.41) is 72.0. The van der Waals surface area contributed by atoms with Gasteiger partial charge in [-0.1, -0.05) is 116 Å². The van der Waals surface area contributed by atoms with Crippen molar-refractivity contribution in [2.75, 3.05) is 61.0 Å². The normalized spacial score (nSPS) is 24.1. The summed E-state index contributed by atoms with van der Waals surface area (Å²) in [4.78, 5) is 128. The summed E-state index contributed by atoms with van der Waals surface area (Å²) in [5.74, 6) is -2.27. The smallest absolute Gasteiger partial charge is 0.333 e. The highest BCUT2D eigenvalue weighted by Gasteiger charge is 2.54. The molecule has 139 heavy (non-hydrogen) atoms. The van der Waals surface area contributed by atoms with Crippen LogP contribution in [0.15, 0.2) is 144 Å². The number of fused-ring (bicyclic) bond motifs is 7. The van der Waals surface area contributed by atoms with Crippen LogP contribution in [0.2, 0.25) is 0 Å². The van der Waals surface area contributed by atoms with Gasteiger partial charge in [-0.05, 0) is 89.8 Å². The Bertz CT molecular complexity index is 6600. The zero-order valence-corrected chi connectivity index (χ0v) is 80.6. The first-order chi connectivity index (χ1) is 66.3. The highest BCUT2D eigenvalue weighted by molar-refractivity contribution is 8.07. The summed E-state index contributed by atoms with van der Waals surface area (Å²) in [7, 11) is -3.58. The number of nitrogens with zero attached hydrogens (tertiary/aromatic N) is 21. The van der Waals surface area contributed by atoms with Crippen LogP contribution in [0, 0.1) is 34.5 Å². The van der Waals surface area contributed by atoms with Crippen molar-refractivity contribution in [1.82, 2.24) is 111 Å². The topological polar surface area (TPSA) is 693 Å². The first-order valence-corrected chi connectivity index (χ1v) is 51.5. The summed E-state index contributed by atoms with van der Waals surface area (Å²) in [6.07, 6.45) is -12.4. The maximum Gasteiger partial charge on any atom is 0.333 e. The van der Waals surface area contributed by atoms with Crippen molar-refractivity contribution in [3.05, 3.63) is 166 Å². The SMILES string of the molecule is CC(C)C(=O)Nc1nc2c(nnn2[C@@H]2O[C@@H]3COP(=S)(OCCC#N)O[C@H]4[C@H](F)[C@H](n5nnc6c(NC(=O)c7ccccc7)ncnc65)O[C@@H]4COP(O)O[C@H]2C3)c(=O)[nH]1.CC[C@H]1O[C@@H](n2nnc3c(NC(=O)c4ccccc4)ncnc32)[C@@H](F)[C@@H]1OP(=S)(OCCC#N)OC[C@@H]1C[C@H](O)[C@H](n2nnc3c(=O)[nH]c(NC(=O)C(C)C)nc32)O1.CP(=O)(Cl)Oc1ccccc1.N.O=PO.[HH].c1ccncc1. The Morgan fingerprint density at radius 2 is 1.17 bits per heavy atom. The number of rotatable bonds is 26. The third-order valence-electron chi connectivity index (χ3n) is 19.9. The van der Waals surface area contributed by atoms with Gasteiger partial charge < -0.3 is 82.3 Å². The Balaban J connectivity index is 0.000000220. The van der Waals surface area contributed by atoms with Crippen LogP contribution in [-0.2, 0) is 97.5 Å². The lowest BCUT2D eigenvalue weighted by Crippen LogP contribution is -2.34. The molecule has 9 aromatic heterocycles. The number of anilines is 4. The Morgan fingerprint density at radius 1 is 0.676 bits per heavy atom. The fourth-order valence-corrected chi connectivity index (χ4v) is 19.2. The monoisotopic (exact) mass is 2080 g/mol. The van der Waals surface area contributed by atoms with Crippen LogP contribution >= 0.6 is 48.7 Å². The number of aromatic amines is 2. The molecule has 0 spiro atoms. The first-order valence-electron chi connectivity index (χ1n) is 41.6. The number of H-pyrrole nitrogens is 2. The van der Waals surface area contributed by atoms with Crippen LogP contribution in [0.3, 0.4) is 0 Å². The summed E-state index contributed by atoms with van der Waals surface area (Å²) in [6.45, 7) is -2.53. The number of aliphatic hydroxyl groups excluding tert-OH is 1. The van der Waals surface area contributed by atoms with Crippen LogP contribution in [0.5, 0.6) is 5.75 Å². The summed E-state index contributed by atoms with van der Waals surface area (Å²) in [6, 6.07) is 35.3. The van der Waals surface area contributed by atoms with E-state index in [0.29, 0.717) is 16.9 Å². The van der Waals surface area contributed by atoms with Gasteiger partial charge in [-0.15, -0.1) is 20.4 Å². The second-order valence-electron chi connectivity index (χ2n) is 30.3. The molecule has 5 aliphatic heterocycles. The van der Waals surface area contributed by atoms with Gasteiger partial charge in [0.15, 0.2) is 93.5 Å². The molecule has 4 unspecified atom stereocenters. The van der Waals surface area contributed by atoms with Gasteiger partial charge in [0.05, 0.1) is 76.3 Å². The number of amides is 4. The molecule has 5 saturated heterocycles. The molecule has 0 aliphatic carbocycles. The van der Waals surface area contributed by atoms with Crippen molar-refractivity contribution in [2.24, 2.45) is 11.8 Å². The Morgan fingerprint density at radius 3 is 1.67 bits per heavy atom. The van der Waals surface area contributed by atoms with Crippen LogP contribution in [0.1, 0.15) is 114 Å². The van der Waals surface area contributed by atoms with Gasteiger partial charge in [0.1, 0.15) is 48.9 Å². The Labute approximate surface area is 804 Å². The number of alkyl halides is 2. The number of pyridine rings is 1. The lowest BCUT2D eigenvalue weighted by Gasteiger charge is -2.28. The second kappa shape index (κ2) is 49.1. The van der Waals surface area contributed by atoms with Crippen molar-refractivity contribution >= 4 is 164 Å². The minimum atomic E-state index is -3.94. The van der Waals surface area contributed by atoms with Crippen LogP contribution in [0.4, 0.5) is 32.3 Å². The average molecular weight is 2080 g/mol. The van der Waals surface area contributed by atoms with Crippen molar-refractivity contribution in [3.63, 3.8) is 0 Å². The van der Waals surface area contributed by atoms with Gasteiger partial charge >= 0.3 is 37.4 Å². The number of ether oxygens (including phenoxy) is 4. The zero-order chi connectivity index (χ0) is 98.5. The number of hydrogen-bond donors (Lipinski definition) is 10. The minimum Gasteiger partial charge on any atom is -0.433 e. The minimum absolute atomic E-state index is 0. The molecule has 3 aromatic carbocycles. The molecular weight excluding hydrogens is 1990 g/mol. The molecule has 5 fully saturated rings. The highest BCUT2D eigenvalue weighted by atomic mass is 35.7. The highest BCUT2D eigenvalue weighted by Crippen LogP contribution is 2.58. The number of nitrogens with one attached hydrogen (secondary N) is 6. The summed E-state index contributed by atoms with van der Waals surface area (Å²) >= 11 is 16.9. The molecule has 12 N–H and O–H groups in total. The van der Waals surface area contributed by atoms with E-state index >= 15 is 8.78 Å². The predicted molar refractivity (Wildman–Crippen MR) is 495 cm³/mol. The molecule has 2 bridgehead atoms. The molecule has 0 saturated carbocycles. The number of carbonyl (C=O) groups excluding carboxylic acids is 4. The van der Waals surface area contributed by atoms with Gasteiger partial charge in [0.25, 0.3) is 22.9 Å². The van der Waals surface area contributed by atoms with Gasteiger partial charge in [-0.25, -0.2) is 33.3 Å². The molecule has 0 radical (unpaired) electrons. The third-order valence-corrected chi connectivity index (χ3v) is 26.2. The molecule has 18 atom stereocenters. The van der Waals surface area contributed by atoms with E-state index in [-0.39, 0.29) is 134 Å². The number of hydrogen-bond acceptors (Lipinski definition) is 43. The fourth-order valence-electron chi connectivity index (χ4n) is 13.5. The lowest BCUT2D eigenvalue weighted by molar-refractivity contribution is -0.119. The maximum atomic E-state index is 16.8. The van der Waals surface area contributed by atoms with Crippen molar-refractivity contribution in [3.8, 4) is 17.9 Å². The molecule has 12 aromatic rings. The second-order valence-corrected chi connectivity index (χ2v) is 40.9. The summed E-state index contributed by atoms with van der Waals surface area (Å²) < 4.78 is 134. The largest absolute Gasteiger partial charge is 0.433 e. The van der Waals surface area contributed by atoms with Crippen molar-refractivity contribution in [2.45, 2.75) is 153 Å². The standard InChI is InChI=1S/C33H37FN13O9PS.C32H34FN13O11P2S.C7H8ClO2P.C5H5N.H3N.HO2P.H2/c1-4-20-24(21(34)32(55-20)46-26-22(42-44-46)25(36-15-37-26)38-29(50)17-9-6-5-7-10-17)56-57(58,52-12-8-11-35)53-14-18-13-19(48)31(54-18)47-27-23(43-45-47)30(51)41-33(39-27)40-28(49)16(2)3;1-15(2)27(47)39-32-38-26-22(29(49)40-32)42-44-46(26)30-18-11-17(54-30)12-53-59(60,52-10-6-9-34)57-23-19(13-51-58(50)56-18)55-31(20(23)33)45-25-21(41-43-45)24(35-14-36-25)37-28(48)16-7-4-3-5-8-16;1-11(8,9)10-7-5-3-2-4-6-7;1-2-4-6-5-3-1;;1-3-2;/h5-7,9-10,15-16,18-21,24,31-32,48H,4,8,12-14H2,1-3H3,(H,36,37,38,50)(H2,39,40,41,49,51);3-5,7-8,14-15,17-20,23,30-31,50H,6,10-13H2,1-2H3,(H,35,36,37,48)(H2,38,39,40,47,49);2-6H,1H3;1-5H;1H3;(H,1,2);1H/t18-,19-,20+,21-,24+,31+,32+,57?;17-,18-,19+,20-,23+,30+,31+,58?,59?;;;;;/m00...../s1. The molecule has 4 amide bonds. The molecule has 14 heterocycles. The number of para-hydroxylation sites is 1. The van der Waals surface area contributed by atoms with Gasteiger partial charge in [-0.2, -0.15) is 39.2 Å². The number of carbonyl (C=O) groups is 4. The molecule has 17 rings (SSSR count). The zero-order valence-electron chi connectivity index (χ0n) is 73.7. The summed E-state index contributed by atoms with van der Waals surface area (Å²) in [5.41, 5.74) is -0.918. The van der Waals surface area contributed by atoms with Crippen LogP contribution in [0.25, 0.3) is 44.7 Å². The Kier molecular flexibility index (Phi) is 37.6. The van der Waals surface area contributed by atoms with E-state index in [1.54, 1.807) is 132 Å². The number of benzene rings is 3. The Hall–Kier alpha value is -11.4. The fraction of sp³-hybridized carbons (Fsp3) is 0.416. The third kappa shape index (κ3) is 27.2. The van der Waals surface area contributed by atoms with E-state index in [4.69, 9.17) is 104 Å². The van der Waals surface area contributed by atoms with E-state index in [0.717, 1.165) is 25.1 Å². The van der Waals surface area contributed by atoms with E-state index in [1.165, 1.54) is 13.0 Å². The van der Waals surface area contributed by atoms with Gasteiger partial charge in [0, 0.05) is 56.3 Å². The lowest BCUT2D eigenvalue weighted by atomic mass is 10.1. The maximum absolute atomic E-state index is 16.8. The number of aliphatic hydroxyl groups is 1. The van der Waals surface area contributed by atoms with Crippen molar-refractivity contribution < 1.29 is 113 Å². The van der Waals surface area contributed by atoms with Crippen molar-refractivity contribution in [1.29, 1.82) is 10.5 Å².